The minimum absolute atomic E-state index is 0.00116. The second-order valence-corrected chi connectivity index (χ2v) is 6.38. The maximum atomic E-state index is 13.9. The maximum Gasteiger partial charge on any atom is 0.306 e. The SMILES string of the molecule is O=C(O)CC1CN(C(=O)C2CC(=O)N(c3ccc(F)cc3F)C2)CCO1. The Morgan fingerprint density at radius 1 is 1.27 bits per heavy atom. The molecule has 2 fully saturated rings. The third kappa shape index (κ3) is 3.82. The Morgan fingerprint density at radius 2 is 2.04 bits per heavy atom. The fourth-order valence-electron chi connectivity index (χ4n) is 3.30. The van der Waals surface area contributed by atoms with Crippen LogP contribution in [0.2, 0.25) is 0 Å². The third-order valence-electron chi connectivity index (χ3n) is 4.53. The number of anilines is 1. The molecular weight excluding hydrogens is 350 g/mol. The molecule has 1 aromatic rings. The van der Waals surface area contributed by atoms with Crippen molar-refractivity contribution in [2.75, 3.05) is 31.1 Å². The van der Waals surface area contributed by atoms with Crippen LogP contribution in [0.1, 0.15) is 12.8 Å². The monoisotopic (exact) mass is 368 g/mol. The Morgan fingerprint density at radius 3 is 2.73 bits per heavy atom. The molecule has 2 saturated heterocycles. The highest BCUT2D eigenvalue weighted by Crippen LogP contribution is 2.29. The number of aliphatic carboxylic acids is 1. The Kier molecular flexibility index (Phi) is 5.17. The van der Waals surface area contributed by atoms with Gasteiger partial charge in [0.25, 0.3) is 0 Å². The number of carbonyl (C=O) groups is 3. The van der Waals surface area contributed by atoms with E-state index in [4.69, 9.17) is 9.84 Å². The Hall–Kier alpha value is -2.55. The molecule has 1 N–H and O–H groups in total. The molecule has 2 heterocycles. The Labute approximate surface area is 148 Å². The minimum atomic E-state index is -1.02. The molecule has 0 bridgehead atoms. The average Bonchev–Trinajstić information content (AvgIpc) is 2.95. The van der Waals surface area contributed by atoms with Crippen molar-refractivity contribution in [1.29, 1.82) is 0 Å². The predicted molar refractivity (Wildman–Crippen MR) is 85.4 cm³/mol. The molecule has 26 heavy (non-hydrogen) atoms. The van der Waals surface area contributed by atoms with Crippen molar-refractivity contribution in [1.82, 2.24) is 4.90 Å². The molecular formula is C17H18F2N2O5. The van der Waals surface area contributed by atoms with Crippen molar-refractivity contribution < 1.29 is 33.0 Å². The summed E-state index contributed by atoms with van der Waals surface area (Å²) in [4.78, 5) is 38.3. The highest BCUT2D eigenvalue weighted by molar-refractivity contribution is 6.00. The zero-order valence-corrected chi connectivity index (χ0v) is 13.9. The van der Waals surface area contributed by atoms with Gasteiger partial charge in [-0.15, -0.1) is 0 Å². The van der Waals surface area contributed by atoms with E-state index in [2.05, 4.69) is 0 Å². The summed E-state index contributed by atoms with van der Waals surface area (Å²) in [7, 11) is 0. The number of carboxylic acids is 1. The van der Waals surface area contributed by atoms with Crippen LogP contribution in [0.15, 0.2) is 18.2 Å². The van der Waals surface area contributed by atoms with Gasteiger partial charge in [0.05, 0.1) is 30.7 Å². The van der Waals surface area contributed by atoms with Crippen LogP contribution in [0.5, 0.6) is 0 Å². The molecule has 0 aromatic heterocycles. The highest BCUT2D eigenvalue weighted by Gasteiger charge is 2.39. The van der Waals surface area contributed by atoms with Crippen LogP contribution >= 0.6 is 0 Å². The number of morpholine rings is 1. The van der Waals surface area contributed by atoms with Gasteiger partial charge in [-0.3, -0.25) is 14.4 Å². The lowest BCUT2D eigenvalue weighted by atomic mass is 10.1. The van der Waals surface area contributed by atoms with Crippen LogP contribution in [0.3, 0.4) is 0 Å². The van der Waals surface area contributed by atoms with E-state index in [9.17, 15) is 23.2 Å². The molecule has 0 aliphatic carbocycles. The molecule has 2 aliphatic rings. The van der Waals surface area contributed by atoms with E-state index >= 15 is 0 Å². The molecule has 0 radical (unpaired) electrons. The number of ether oxygens (including phenoxy) is 1. The van der Waals surface area contributed by atoms with Crippen LogP contribution in [-0.4, -0.2) is 60.1 Å². The van der Waals surface area contributed by atoms with Gasteiger partial charge in [-0.2, -0.15) is 0 Å². The van der Waals surface area contributed by atoms with Crippen LogP contribution in [-0.2, 0) is 19.1 Å². The van der Waals surface area contributed by atoms with Gasteiger partial charge >= 0.3 is 5.97 Å². The lowest BCUT2D eigenvalue weighted by molar-refractivity contribution is -0.149. The first-order valence-corrected chi connectivity index (χ1v) is 8.22. The zero-order chi connectivity index (χ0) is 18.8. The number of hydrogen-bond acceptors (Lipinski definition) is 4. The first-order valence-electron chi connectivity index (χ1n) is 8.22. The van der Waals surface area contributed by atoms with Crippen LogP contribution in [0, 0.1) is 17.6 Å². The predicted octanol–water partition coefficient (Wildman–Crippen LogP) is 1.02. The number of carbonyl (C=O) groups excluding carboxylic acids is 2. The summed E-state index contributed by atoms with van der Waals surface area (Å²) >= 11 is 0. The smallest absolute Gasteiger partial charge is 0.306 e. The summed E-state index contributed by atoms with van der Waals surface area (Å²) in [6, 6.07) is 2.92. The maximum absolute atomic E-state index is 13.9. The average molecular weight is 368 g/mol. The molecule has 9 heteroatoms. The van der Waals surface area contributed by atoms with Crippen molar-refractivity contribution in [2.45, 2.75) is 18.9 Å². The summed E-state index contributed by atoms with van der Waals surface area (Å²) in [5.41, 5.74) is -0.0579. The molecule has 2 amide bonds. The first-order chi connectivity index (χ1) is 12.3. The number of hydrogen-bond donors (Lipinski definition) is 1. The topological polar surface area (TPSA) is 87.2 Å². The summed E-state index contributed by atoms with van der Waals surface area (Å²) in [5.74, 6) is -3.98. The number of carboxylic acid groups (broad SMARTS) is 1. The molecule has 3 rings (SSSR count). The van der Waals surface area contributed by atoms with Gasteiger partial charge in [0.2, 0.25) is 11.8 Å². The fourth-order valence-corrected chi connectivity index (χ4v) is 3.30. The molecule has 0 saturated carbocycles. The van der Waals surface area contributed by atoms with E-state index in [0.29, 0.717) is 12.6 Å². The Bertz CT molecular complexity index is 742. The van der Waals surface area contributed by atoms with Gasteiger partial charge in [-0.25, -0.2) is 8.78 Å². The van der Waals surface area contributed by atoms with Crippen molar-refractivity contribution in [3.63, 3.8) is 0 Å². The summed E-state index contributed by atoms with van der Waals surface area (Å²) in [6.45, 7) is 0.674. The van der Waals surface area contributed by atoms with Crippen molar-refractivity contribution in [3.8, 4) is 0 Å². The fraction of sp³-hybridized carbons (Fsp3) is 0.471. The molecule has 7 nitrogen and oxygen atoms in total. The van der Waals surface area contributed by atoms with E-state index in [0.717, 1.165) is 11.0 Å². The van der Waals surface area contributed by atoms with Gasteiger partial charge in [0, 0.05) is 32.1 Å². The lowest BCUT2D eigenvalue weighted by Crippen LogP contribution is -2.48. The number of halogens is 2. The summed E-state index contributed by atoms with van der Waals surface area (Å²) in [5, 5.41) is 8.85. The summed E-state index contributed by atoms with van der Waals surface area (Å²) in [6.07, 6.45) is -0.871. The van der Waals surface area contributed by atoms with Crippen molar-refractivity contribution >= 4 is 23.5 Å². The van der Waals surface area contributed by atoms with E-state index in [-0.39, 0.29) is 44.1 Å². The minimum Gasteiger partial charge on any atom is -0.481 e. The standard InChI is InChI=1S/C17H18F2N2O5/c18-11-1-2-14(13(19)6-11)21-8-10(5-15(21)22)17(25)20-3-4-26-12(9-20)7-16(23)24/h1-2,6,10,12H,3-5,7-9H2,(H,23,24). The second-order valence-electron chi connectivity index (χ2n) is 6.38. The quantitative estimate of drug-likeness (QED) is 0.858. The third-order valence-corrected chi connectivity index (χ3v) is 4.53. The van der Waals surface area contributed by atoms with Gasteiger partial charge < -0.3 is 19.6 Å². The molecule has 0 spiro atoms. The van der Waals surface area contributed by atoms with Gasteiger partial charge in [-0.1, -0.05) is 0 Å². The van der Waals surface area contributed by atoms with E-state index in [1.54, 1.807) is 0 Å². The van der Waals surface area contributed by atoms with E-state index < -0.39 is 35.5 Å². The van der Waals surface area contributed by atoms with Crippen molar-refractivity contribution in [3.05, 3.63) is 29.8 Å². The van der Waals surface area contributed by atoms with Crippen molar-refractivity contribution in [2.24, 2.45) is 5.92 Å². The molecule has 1 aromatic carbocycles. The molecule has 2 atom stereocenters. The van der Waals surface area contributed by atoms with E-state index in [1.807, 2.05) is 0 Å². The Balaban J connectivity index is 1.68. The number of rotatable bonds is 4. The van der Waals surface area contributed by atoms with Crippen LogP contribution in [0.4, 0.5) is 14.5 Å². The van der Waals surface area contributed by atoms with E-state index in [1.165, 1.54) is 11.0 Å². The number of nitrogens with zero attached hydrogens (tertiary/aromatic N) is 2. The first kappa shape index (κ1) is 18.2. The van der Waals surface area contributed by atoms with Gasteiger partial charge in [-0.05, 0) is 12.1 Å². The highest BCUT2D eigenvalue weighted by atomic mass is 19.1. The zero-order valence-electron chi connectivity index (χ0n) is 13.9. The van der Waals surface area contributed by atoms with Gasteiger partial charge in [0.1, 0.15) is 11.6 Å². The summed E-state index contributed by atoms with van der Waals surface area (Å²) < 4.78 is 32.3. The van der Waals surface area contributed by atoms with Gasteiger partial charge in [0.15, 0.2) is 0 Å². The molecule has 2 unspecified atom stereocenters. The molecule has 140 valence electrons. The van der Waals surface area contributed by atoms with Crippen LogP contribution < -0.4 is 4.90 Å². The number of amides is 2. The molecule has 2 aliphatic heterocycles. The lowest BCUT2D eigenvalue weighted by Gasteiger charge is -2.33. The van der Waals surface area contributed by atoms with Crippen LogP contribution in [0.25, 0.3) is 0 Å². The second kappa shape index (κ2) is 7.36. The largest absolute Gasteiger partial charge is 0.481 e. The number of benzene rings is 1. The normalized spacial score (nSPS) is 23.4.